The quantitative estimate of drug-likeness (QED) is 0.762. The van der Waals surface area contributed by atoms with Gasteiger partial charge in [-0.25, -0.2) is 0 Å². The van der Waals surface area contributed by atoms with Crippen molar-refractivity contribution in [1.82, 2.24) is 0 Å². The molecule has 0 spiro atoms. The second kappa shape index (κ2) is 7.30. The minimum absolute atomic E-state index is 0.0640. The van der Waals surface area contributed by atoms with E-state index in [4.69, 9.17) is 16.7 Å². The molecule has 17 heavy (non-hydrogen) atoms. The fourth-order valence-electron chi connectivity index (χ4n) is 1.71. The molecular weight excluding hydrogens is 238 g/mol. The van der Waals surface area contributed by atoms with Crippen molar-refractivity contribution < 1.29 is 9.90 Å². The number of aliphatic hydroxyl groups is 1. The van der Waals surface area contributed by atoms with Crippen LogP contribution in [0.15, 0.2) is 18.2 Å². The van der Waals surface area contributed by atoms with Crippen LogP contribution in [0.3, 0.4) is 0 Å². The van der Waals surface area contributed by atoms with Gasteiger partial charge in [-0.3, -0.25) is 4.79 Å². The van der Waals surface area contributed by atoms with Crippen LogP contribution in [-0.4, -0.2) is 31.1 Å². The predicted molar refractivity (Wildman–Crippen MR) is 71.0 cm³/mol. The van der Waals surface area contributed by atoms with Crippen molar-refractivity contribution in [3.63, 3.8) is 0 Å². The van der Waals surface area contributed by atoms with Crippen molar-refractivity contribution in [3.05, 3.63) is 28.8 Å². The minimum atomic E-state index is 0.0640. The van der Waals surface area contributed by atoms with E-state index in [-0.39, 0.29) is 6.61 Å². The number of carbonyl (C=O) groups excluding carboxylic acids is 1. The van der Waals surface area contributed by atoms with Crippen molar-refractivity contribution >= 4 is 23.6 Å². The van der Waals surface area contributed by atoms with Crippen LogP contribution in [0.25, 0.3) is 0 Å². The average Bonchev–Trinajstić information content (AvgIpc) is 2.34. The third kappa shape index (κ3) is 4.02. The van der Waals surface area contributed by atoms with E-state index in [1.54, 1.807) is 18.2 Å². The molecule has 0 radical (unpaired) electrons. The van der Waals surface area contributed by atoms with Gasteiger partial charge in [0.15, 0.2) is 6.29 Å². The standard InChI is InChI=1S/C13H18ClNO2/c1-2-3-6-15(7-8-16)13-9-12(14)5-4-11(13)10-17/h4-5,9-10,16H,2-3,6-8H2,1H3. The molecule has 0 saturated heterocycles. The Balaban J connectivity index is 2.97. The molecule has 0 aliphatic rings. The summed E-state index contributed by atoms with van der Waals surface area (Å²) >= 11 is 5.95. The Labute approximate surface area is 107 Å². The Kier molecular flexibility index (Phi) is 6.01. The van der Waals surface area contributed by atoms with Crippen LogP contribution in [0.2, 0.25) is 5.02 Å². The number of halogens is 1. The van der Waals surface area contributed by atoms with Crippen molar-refractivity contribution in [2.45, 2.75) is 19.8 Å². The summed E-state index contributed by atoms with van der Waals surface area (Å²) in [5.74, 6) is 0. The lowest BCUT2D eigenvalue weighted by molar-refractivity contribution is 0.112. The number of carbonyl (C=O) groups is 1. The van der Waals surface area contributed by atoms with Gasteiger partial charge in [-0.2, -0.15) is 0 Å². The molecular formula is C13H18ClNO2. The number of anilines is 1. The zero-order chi connectivity index (χ0) is 12.7. The summed E-state index contributed by atoms with van der Waals surface area (Å²) in [6.45, 7) is 3.50. The van der Waals surface area contributed by atoms with Crippen LogP contribution in [0.4, 0.5) is 5.69 Å². The zero-order valence-electron chi connectivity index (χ0n) is 10.0. The van der Waals surface area contributed by atoms with E-state index in [9.17, 15) is 4.79 Å². The molecule has 3 nitrogen and oxygen atoms in total. The lowest BCUT2D eigenvalue weighted by atomic mass is 10.1. The van der Waals surface area contributed by atoms with E-state index in [1.807, 2.05) is 4.90 Å². The van der Waals surface area contributed by atoms with Crippen LogP contribution < -0.4 is 4.90 Å². The van der Waals surface area contributed by atoms with Gasteiger partial charge < -0.3 is 10.0 Å². The highest BCUT2D eigenvalue weighted by Crippen LogP contribution is 2.24. The van der Waals surface area contributed by atoms with Crippen LogP contribution in [0, 0.1) is 0 Å². The molecule has 4 heteroatoms. The highest BCUT2D eigenvalue weighted by Gasteiger charge is 2.10. The van der Waals surface area contributed by atoms with Gasteiger partial charge in [0, 0.05) is 29.4 Å². The first-order valence-electron chi connectivity index (χ1n) is 5.83. The molecule has 1 aromatic carbocycles. The van der Waals surface area contributed by atoms with E-state index in [1.165, 1.54) is 0 Å². The van der Waals surface area contributed by atoms with Gasteiger partial charge in [-0.1, -0.05) is 24.9 Å². The number of hydrogen-bond acceptors (Lipinski definition) is 3. The van der Waals surface area contributed by atoms with Gasteiger partial charge >= 0.3 is 0 Å². The molecule has 0 unspecified atom stereocenters. The van der Waals surface area contributed by atoms with Crippen LogP contribution in [-0.2, 0) is 0 Å². The van der Waals surface area contributed by atoms with Crippen molar-refractivity contribution in [2.24, 2.45) is 0 Å². The zero-order valence-corrected chi connectivity index (χ0v) is 10.8. The lowest BCUT2D eigenvalue weighted by Crippen LogP contribution is -2.28. The van der Waals surface area contributed by atoms with Gasteiger partial charge in [-0.15, -0.1) is 0 Å². The Hall–Kier alpha value is -1.06. The van der Waals surface area contributed by atoms with E-state index in [0.717, 1.165) is 31.4 Å². The highest BCUT2D eigenvalue weighted by atomic mass is 35.5. The molecule has 0 saturated carbocycles. The summed E-state index contributed by atoms with van der Waals surface area (Å²) < 4.78 is 0. The molecule has 0 amide bonds. The Morgan fingerprint density at radius 1 is 1.41 bits per heavy atom. The monoisotopic (exact) mass is 255 g/mol. The minimum Gasteiger partial charge on any atom is -0.395 e. The number of hydrogen-bond donors (Lipinski definition) is 1. The summed E-state index contributed by atoms with van der Waals surface area (Å²) in [6, 6.07) is 5.18. The number of benzene rings is 1. The summed E-state index contributed by atoms with van der Waals surface area (Å²) in [4.78, 5) is 13.0. The number of aliphatic hydroxyl groups excluding tert-OH is 1. The number of aldehydes is 1. The van der Waals surface area contributed by atoms with Crippen molar-refractivity contribution in [2.75, 3.05) is 24.6 Å². The van der Waals surface area contributed by atoms with Crippen LogP contribution in [0.1, 0.15) is 30.1 Å². The first-order chi connectivity index (χ1) is 8.22. The van der Waals surface area contributed by atoms with E-state index in [0.29, 0.717) is 17.1 Å². The second-order valence-electron chi connectivity index (χ2n) is 3.89. The van der Waals surface area contributed by atoms with E-state index in [2.05, 4.69) is 6.92 Å². The summed E-state index contributed by atoms with van der Waals surface area (Å²) in [7, 11) is 0. The molecule has 0 atom stereocenters. The normalized spacial score (nSPS) is 10.3. The van der Waals surface area contributed by atoms with Gasteiger partial charge in [-0.05, 0) is 24.6 Å². The van der Waals surface area contributed by atoms with Gasteiger partial charge in [0.25, 0.3) is 0 Å². The van der Waals surface area contributed by atoms with Gasteiger partial charge in [0.05, 0.1) is 6.61 Å². The molecule has 1 rings (SSSR count). The van der Waals surface area contributed by atoms with E-state index < -0.39 is 0 Å². The molecule has 0 fully saturated rings. The molecule has 1 N–H and O–H groups in total. The maximum Gasteiger partial charge on any atom is 0.152 e. The third-order valence-corrected chi connectivity index (χ3v) is 2.85. The summed E-state index contributed by atoms with van der Waals surface area (Å²) in [5, 5.41) is 9.67. The van der Waals surface area contributed by atoms with Gasteiger partial charge in [0.2, 0.25) is 0 Å². The SMILES string of the molecule is CCCCN(CCO)c1cc(Cl)ccc1C=O. The first-order valence-corrected chi connectivity index (χ1v) is 6.21. The van der Waals surface area contributed by atoms with Crippen molar-refractivity contribution in [3.8, 4) is 0 Å². The van der Waals surface area contributed by atoms with Crippen molar-refractivity contribution in [1.29, 1.82) is 0 Å². The average molecular weight is 256 g/mol. The predicted octanol–water partition coefficient (Wildman–Crippen LogP) is 2.75. The maximum atomic E-state index is 11.0. The van der Waals surface area contributed by atoms with E-state index >= 15 is 0 Å². The molecule has 0 heterocycles. The molecule has 0 bridgehead atoms. The summed E-state index contributed by atoms with van der Waals surface area (Å²) in [5.41, 5.74) is 1.41. The Bertz CT molecular complexity index is 368. The largest absolute Gasteiger partial charge is 0.395 e. The Morgan fingerprint density at radius 3 is 2.76 bits per heavy atom. The fourth-order valence-corrected chi connectivity index (χ4v) is 1.88. The lowest BCUT2D eigenvalue weighted by Gasteiger charge is -2.25. The van der Waals surface area contributed by atoms with Gasteiger partial charge in [0.1, 0.15) is 0 Å². The number of unbranched alkanes of at least 4 members (excludes halogenated alkanes) is 1. The smallest absolute Gasteiger partial charge is 0.152 e. The van der Waals surface area contributed by atoms with Crippen LogP contribution >= 0.6 is 11.6 Å². The topological polar surface area (TPSA) is 40.5 Å². The molecule has 0 aliphatic heterocycles. The highest BCUT2D eigenvalue weighted by molar-refractivity contribution is 6.31. The molecule has 1 aromatic rings. The summed E-state index contributed by atoms with van der Waals surface area (Å²) in [6.07, 6.45) is 2.91. The molecule has 94 valence electrons. The number of rotatable bonds is 7. The van der Waals surface area contributed by atoms with Crippen LogP contribution in [0.5, 0.6) is 0 Å². The third-order valence-electron chi connectivity index (χ3n) is 2.61. The molecule has 0 aliphatic carbocycles. The number of nitrogens with zero attached hydrogens (tertiary/aromatic N) is 1. The fraction of sp³-hybridized carbons (Fsp3) is 0.462. The second-order valence-corrected chi connectivity index (χ2v) is 4.32. The molecule has 0 aromatic heterocycles. The Morgan fingerprint density at radius 2 is 2.18 bits per heavy atom. The first kappa shape index (κ1) is 14.0. The maximum absolute atomic E-state index is 11.0.